The van der Waals surface area contributed by atoms with Gasteiger partial charge in [0.25, 0.3) is 0 Å². The lowest BCUT2D eigenvalue weighted by atomic mass is 10.3. The summed E-state index contributed by atoms with van der Waals surface area (Å²) in [6, 6.07) is 3.69. The minimum atomic E-state index is 0.353. The van der Waals surface area contributed by atoms with Crippen molar-refractivity contribution >= 4 is 45.0 Å². The molecule has 4 heteroatoms. The molecule has 1 nitrogen and oxygen atoms in total. The number of nitrogen functional groups attached to an aromatic ring is 1. The minimum absolute atomic E-state index is 0.353. The van der Waals surface area contributed by atoms with Gasteiger partial charge in [0, 0.05) is 14.6 Å². The molecule has 0 aliphatic carbocycles. The van der Waals surface area contributed by atoms with Gasteiger partial charge in [-0.05, 0) is 35.0 Å². The maximum Gasteiger partial charge on any atom is 0.0647 e. The zero-order valence-electron chi connectivity index (χ0n) is 7.76. The van der Waals surface area contributed by atoms with Gasteiger partial charge in [-0.2, -0.15) is 0 Å². The smallest absolute Gasteiger partial charge is 0.0647 e. The van der Waals surface area contributed by atoms with Crippen LogP contribution in [0.1, 0.15) is 6.92 Å². The molecule has 0 heterocycles. The fourth-order valence-corrected chi connectivity index (χ4v) is 2.61. The normalized spacial score (nSPS) is 12.5. The van der Waals surface area contributed by atoms with Crippen LogP contribution in [0.15, 0.2) is 34.2 Å². The quantitative estimate of drug-likeness (QED) is 0.509. The van der Waals surface area contributed by atoms with Gasteiger partial charge in [-0.15, -0.1) is 18.3 Å². The zero-order valence-corrected chi connectivity index (χ0v) is 10.9. The van der Waals surface area contributed by atoms with Crippen LogP contribution in [0.5, 0.6) is 0 Å². The van der Waals surface area contributed by atoms with Crippen LogP contribution in [-0.2, 0) is 0 Å². The Morgan fingerprint density at radius 3 is 2.86 bits per heavy atom. The molecule has 1 unspecified atom stereocenters. The second kappa shape index (κ2) is 5.10. The molecule has 2 N–H and O–H groups in total. The Labute approximate surface area is 102 Å². The van der Waals surface area contributed by atoms with Crippen LogP contribution in [0.4, 0.5) is 5.69 Å². The van der Waals surface area contributed by atoms with E-state index in [1.807, 2.05) is 18.2 Å². The first-order valence-corrected chi connectivity index (χ1v) is 6.13. The topological polar surface area (TPSA) is 26.0 Å². The molecule has 0 radical (unpaired) electrons. The summed E-state index contributed by atoms with van der Waals surface area (Å²) >= 11 is 11.1. The van der Waals surface area contributed by atoms with Crippen molar-refractivity contribution in [3.63, 3.8) is 0 Å². The standard InChI is InChI=1S/C10H11BrClNS/c1-3-6(2)14-10-5-8(12)9(13)4-7(10)11/h3-6H,1,13H2,2H3. The minimum Gasteiger partial charge on any atom is -0.397 e. The van der Waals surface area contributed by atoms with Crippen molar-refractivity contribution in [3.8, 4) is 0 Å². The molecule has 1 rings (SSSR count). The lowest BCUT2D eigenvalue weighted by Crippen LogP contribution is -1.91. The number of benzene rings is 1. The molecule has 1 aromatic rings. The highest BCUT2D eigenvalue weighted by Crippen LogP contribution is 2.35. The van der Waals surface area contributed by atoms with Crippen molar-refractivity contribution in [1.82, 2.24) is 0 Å². The highest BCUT2D eigenvalue weighted by Gasteiger charge is 2.07. The van der Waals surface area contributed by atoms with E-state index < -0.39 is 0 Å². The van der Waals surface area contributed by atoms with Crippen molar-refractivity contribution < 1.29 is 0 Å². The van der Waals surface area contributed by atoms with Gasteiger partial charge < -0.3 is 5.73 Å². The maximum atomic E-state index is 5.93. The van der Waals surface area contributed by atoms with Crippen molar-refractivity contribution in [2.24, 2.45) is 0 Å². The van der Waals surface area contributed by atoms with Crippen LogP contribution in [0.25, 0.3) is 0 Å². The summed E-state index contributed by atoms with van der Waals surface area (Å²) in [7, 11) is 0. The van der Waals surface area contributed by atoms with Crippen LogP contribution >= 0.6 is 39.3 Å². The van der Waals surface area contributed by atoms with Crippen LogP contribution in [-0.4, -0.2) is 5.25 Å². The van der Waals surface area contributed by atoms with E-state index in [1.54, 1.807) is 11.8 Å². The molecular formula is C10H11BrClNS. The van der Waals surface area contributed by atoms with E-state index in [0.29, 0.717) is 16.0 Å². The predicted octanol–water partition coefficient (Wildman–Crippen LogP) is 4.35. The van der Waals surface area contributed by atoms with Gasteiger partial charge in [-0.25, -0.2) is 0 Å². The Balaban J connectivity index is 2.97. The van der Waals surface area contributed by atoms with E-state index in [1.165, 1.54) is 0 Å². The molecule has 0 saturated heterocycles. The summed E-state index contributed by atoms with van der Waals surface area (Å²) < 4.78 is 0.970. The molecule has 76 valence electrons. The highest BCUT2D eigenvalue weighted by molar-refractivity contribution is 9.10. The number of nitrogens with two attached hydrogens (primary N) is 1. The van der Waals surface area contributed by atoms with Gasteiger partial charge >= 0.3 is 0 Å². The van der Waals surface area contributed by atoms with Crippen LogP contribution < -0.4 is 5.73 Å². The molecule has 1 aromatic carbocycles. The molecule has 0 saturated carbocycles. The van der Waals surface area contributed by atoms with Crippen LogP contribution in [0, 0.1) is 0 Å². The van der Waals surface area contributed by atoms with Gasteiger partial charge in [-0.1, -0.05) is 17.7 Å². The molecule has 0 aliphatic rings. The average molecular weight is 293 g/mol. The Morgan fingerprint density at radius 2 is 2.29 bits per heavy atom. The highest BCUT2D eigenvalue weighted by atomic mass is 79.9. The molecule has 0 fully saturated rings. The lowest BCUT2D eigenvalue weighted by Gasteiger charge is -2.09. The number of hydrogen-bond acceptors (Lipinski definition) is 2. The van der Waals surface area contributed by atoms with Crippen molar-refractivity contribution in [2.45, 2.75) is 17.1 Å². The summed E-state index contributed by atoms with van der Waals surface area (Å²) in [6.45, 7) is 5.81. The molecular weight excluding hydrogens is 282 g/mol. The molecule has 0 spiro atoms. The number of anilines is 1. The second-order valence-electron chi connectivity index (χ2n) is 2.86. The first kappa shape index (κ1) is 12.0. The lowest BCUT2D eigenvalue weighted by molar-refractivity contribution is 1.24. The Kier molecular flexibility index (Phi) is 4.35. The molecule has 14 heavy (non-hydrogen) atoms. The van der Waals surface area contributed by atoms with E-state index in [4.69, 9.17) is 17.3 Å². The number of thioether (sulfide) groups is 1. The SMILES string of the molecule is C=CC(C)Sc1cc(Cl)c(N)cc1Br. The Hall–Kier alpha value is -0.120. The Morgan fingerprint density at radius 1 is 1.64 bits per heavy atom. The van der Waals surface area contributed by atoms with Gasteiger partial charge in [0.1, 0.15) is 0 Å². The van der Waals surface area contributed by atoms with Gasteiger partial charge in [0.05, 0.1) is 10.7 Å². The van der Waals surface area contributed by atoms with E-state index in [-0.39, 0.29) is 0 Å². The van der Waals surface area contributed by atoms with Crippen LogP contribution in [0.2, 0.25) is 5.02 Å². The first-order valence-electron chi connectivity index (χ1n) is 4.08. The van der Waals surface area contributed by atoms with Crippen molar-refractivity contribution in [2.75, 3.05) is 5.73 Å². The zero-order chi connectivity index (χ0) is 10.7. The molecule has 0 amide bonds. The Bertz CT molecular complexity index is 354. The summed E-state index contributed by atoms with van der Waals surface area (Å²) in [6.07, 6.45) is 1.89. The second-order valence-corrected chi connectivity index (χ2v) is 5.54. The summed E-state index contributed by atoms with van der Waals surface area (Å²) in [5.41, 5.74) is 6.25. The predicted molar refractivity (Wildman–Crippen MR) is 69.1 cm³/mol. The number of hydrogen-bond donors (Lipinski definition) is 1. The van der Waals surface area contributed by atoms with Gasteiger partial charge in [0.15, 0.2) is 0 Å². The van der Waals surface area contributed by atoms with E-state index in [2.05, 4.69) is 29.4 Å². The number of rotatable bonds is 3. The van der Waals surface area contributed by atoms with Crippen molar-refractivity contribution in [1.29, 1.82) is 0 Å². The first-order chi connectivity index (χ1) is 6.54. The fraction of sp³-hybridized carbons (Fsp3) is 0.200. The largest absolute Gasteiger partial charge is 0.397 e. The fourth-order valence-electron chi connectivity index (χ4n) is 0.883. The maximum absolute atomic E-state index is 5.93. The van der Waals surface area contributed by atoms with E-state index in [9.17, 15) is 0 Å². The summed E-state index contributed by atoms with van der Waals surface area (Å²) in [4.78, 5) is 1.08. The third-order valence-electron chi connectivity index (χ3n) is 1.70. The number of halogens is 2. The van der Waals surface area contributed by atoms with Gasteiger partial charge in [0.2, 0.25) is 0 Å². The molecule has 0 aliphatic heterocycles. The van der Waals surface area contributed by atoms with E-state index in [0.717, 1.165) is 9.37 Å². The van der Waals surface area contributed by atoms with Crippen molar-refractivity contribution in [3.05, 3.63) is 34.3 Å². The summed E-state index contributed by atoms with van der Waals surface area (Å²) in [5.74, 6) is 0. The average Bonchev–Trinajstić information content (AvgIpc) is 2.14. The van der Waals surface area contributed by atoms with E-state index >= 15 is 0 Å². The monoisotopic (exact) mass is 291 g/mol. The third kappa shape index (κ3) is 2.94. The van der Waals surface area contributed by atoms with Gasteiger partial charge in [-0.3, -0.25) is 0 Å². The molecule has 1 atom stereocenters. The molecule has 0 aromatic heterocycles. The third-order valence-corrected chi connectivity index (χ3v) is 4.10. The van der Waals surface area contributed by atoms with Crippen LogP contribution in [0.3, 0.4) is 0 Å². The molecule has 0 bridgehead atoms. The summed E-state index contributed by atoms with van der Waals surface area (Å²) in [5, 5.41) is 0.943.